The molecule has 10 heavy (non-hydrogen) atoms. The van der Waals surface area contributed by atoms with Gasteiger partial charge in [0.05, 0.1) is 6.10 Å². The molecule has 0 saturated carbocycles. The minimum absolute atomic E-state index is 0.512. The first-order valence-electron chi connectivity index (χ1n) is 4.18. The first kappa shape index (κ1) is 8.02. The fourth-order valence-electron chi connectivity index (χ4n) is 1.18. The molecule has 0 atom stereocenters. The van der Waals surface area contributed by atoms with Crippen LogP contribution in [0.1, 0.15) is 26.2 Å². The van der Waals surface area contributed by atoms with Crippen molar-refractivity contribution in [1.82, 2.24) is 5.32 Å². The fraction of sp³-hybridized carbons (Fsp3) is 1.00. The van der Waals surface area contributed by atoms with Crippen LogP contribution in [-0.4, -0.2) is 25.8 Å². The molecule has 0 aromatic rings. The van der Waals surface area contributed by atoms with E-state index in [9.17, 15) is 0 Å². The summed E-state index contributed by atoms with van der Waals surface area (Å²) >= 11 is 0. The standard InChI is InChI=1S/C8H16NO/c1-2-7-10-8-3-5-9-6-4-8/h8H,2-7H2,1H3. The number of ether oxygens (including phenoxy) is 1. The second kappa shape index (κ2) is 4.69. The molecule has 0 unspecified atom stereocenters. The minimum atomic E-state index is 0.512. The second-order valence-corrected chi connectivity index (χ2v) is 2.74. The molecule has 1 fully saturated rings. The number of hydrogen-bond donors (Lipinski definition) is 0. The van der Waals surface area contributed by atoms with Crippen molar-refractivity contribution >= 4 is 0 Å². The molecule has 0 spiro atoms. The van der Waals surface area contributed by atoms with E-state index in [1.807, 2.05) is 0 Å². The molecule has 1 aliphatic rings. The van der Waals surface area contributed by atoms with Crippen molar-refractivity contribution in [2.75, 3.05) is 19.7 Å². The quantitative estimate of drug-likeness (QED) is 0.580. The molecule has 1 rings (SSSR count). The SMILES string of the molecule is CCCOC1CC[N]CC1. The Kier molecular flexibility index (Phi) is 3.76. The Hall–Kier alpha value is -0.0800. The Morgan fingerprint density at radius 3 is 2.70 bits per heavy atom. The molecule has 1 aliphatic heterocycles. The molecule has 0 aromatic carbocycles. The molecule has 1 heterocycles. The lowest BCUT2D eigenvalue weighted by Gasteiger charge is -2.21. The van der Waals surface area contributed by atoms with E-state index >= 15 is 0 Å². The van der Waals surface area contributed by atoms with E-state index < -0.39 is 0 Å². The van der Waals surface area contributed by atoms with Crippen molar-refractivity contribution in [2.45, 2.75) is 32.3 Å². The maximum absolute atomic E-state index is 5.57. The van der Waals surface area contributed by atoms with Crippen LogP contribution in [-0.2, 0) is 4.74 Å². The lowest BCUT2D eigenvalue weighted by atomic mass is 10.1. The third-order valence-electron chi connectivity index (χ3n) is 1.78. The van der Waals surface area contributed by atoms with Crippen LogP contribution in [0.15, 0.2) is 0 Å². The molecule has 0 aliphatic carbocycles. The topological polar surface area (TPSA) is 23.3 Å². The first-order valence-corrected chi connectivity index (χ1v) is 4.18. The van der Waals surface area contributed by atoms with Crippen LogP contribution in [0.25, 0.3) is 0 Å². The molecular formula is C8H16NO. The minimum Gasteiger partial charge on any atom is -0.378 e. The number of hydrogen-bond acceptors (Lipinski definition) is 1. The van der Waals surface area contributed by atoms with Crippen molar-refractivity contribution in [3.8, 4) is 0 Å². The maximum Gasteiger partial charge on any atom is 0.0600 e. The Balaban J connectivity index is 2.02. The Bertz CT molecular complexity index is 79.3. The Morgan fingerprint density at radius 2 is 2.10 bits per heavy atom. The molecule has 0 N–H and O–H groups in total. The molecule has 1 saturated heterocycles. The number of piperidine rings is 1. The zero-order chi connectivity index (χ0) is 7.23. The molecule has 1 radical (unpaired) electrons. The molecule has 0 bridgehead atoms. The highest BCUT2D eigenvalue weighted by Crippen LogP contribution is 2.07. The van der Waals surface area contributed by atoms with Gasteiger partial charge in [-0.2, -0.15) is 0 Å². The molecule has 2 nitrogen and oxygen atoms in total. The van der Waals surface area contributed by atoms with Crippen LogP contribution in [0.4, 0.5) is 0 Å². The van der Waals surface area contributed by atoms with Gasteiger partial charge < -0.3 is 4.74 Å². The third kappa shape index (κ3) is 2.67. The molecule has 59 valence electrons. The largest absolute Gasteiger partial charge is 0.378 e. The normalized spacial score (nSPS) is 21.3. The van der Waals surface area contributed by atoms with Crippen LogP contribution in [0, 0.1) is 0 Å². The van der Waals surface area contributed by atoms with Gasteiger partial charge in [0.15, 0.2) is 0 Å². The third-order valence-corrected chi connectivity index (χ3v) is 1.78. The van der Waals surface area contributed by atoms with Crippen molar-refractivity contribution < 1.29 is 4.74 Å². The van der Waals surface area contributed by atoms with Crippen molar-refractivity contribution in [3.05, 3.63) is 0 Å². The second-order valence-electron chi connectivity index (χ2n) is 2.74. The average Bonchev–Trinajstić information content (AvgIpc) is 2.03. The molecule has 0 aromatic heterocycles. The highest BCUT2D eigenvalue weighted by atomic mass is 16.5. The summed E-state index contributed by atoms with van der Waals surface area (Å²) in [6.07, 6.45) is 3.92. The summed E-state index contributed by atoms with van der Waals surface area (Å²) in [6.45, 7) is 5.08. The summed E-state index contributed by atoms with van der Waals surface area (Å²) in [4.78, 5) is 0. The lowest BCUT2D eigenvalue weighted by Crippen LogP contribution is -2.28. The van der Waals surface area contributed by atoms with Gasteiger partial charge in [-0.3, -0.25) is 0 Å². The van der Waals surface area contributed by atoms with Gasteiger partial charge in [-0.1, -0.05) is 6.92 Å². The van der Waals surface area contributed by atoms with Crippen LogP contribution >= 0.6 is 0 Å². The van der Waals surface area contributed by atoms with Gasteiger partial charge in [0.1, 0.15) is 0 Å². The summed E-state index contributed by atoms with van der Waals surface area (Å²) in [5.74, 6) is 0. The van der Waals surface area contributed by atoms with Gasteiger partial charge in [-0.15, -0.1) is 0 Å². The first-order chi connectivity index (χ1) is 4.93. The van der Waals surface area contributed by atoms with Gasteiger partial charge in [-0.05, 0) is 19.3 Å². The zero-order valence-electron chi connectivity index (χ0n) is 6.68. The van der Waals surface area contributed by atoms with E-state index in [0.29, 0.717) is 6.10 Å². The van der Waals surface area contributed by atoms with Crippen molar-refractivity contribution in [3.63, 3.8) is 0 Å². The van der Waals surface area contributed by atoms with Crippen LogP contribution in [0.3, 0.4) is 0 Å². The van der Waals surface area contributed by atoms with Gasteiger partial charge in [0, 0.05) is 19.7 Å². The summed E-state index contributed by atoms with van der Waals surface area (Å²) in [5, 5.41) is 4.26. The van der Waals surface area contributed by atoms with Crippen LogP contribution in [0.5, 0.6) is 0 Å². The average molecular weight is 142 g/mol. The highest BCUT2D eigenvalue weighted by molar-refractivity contribution is 4.67. The van der Waals surface area contributed by atoms with Gasteiger partial charge >= 0.3 is 0 Å². The molecule has 0 amide bonds. The molecular weight excluding hydrogens is 126 g/mol. The summed E-state index contributed by atoms with van der Waals surface area (Å²) in [6, 6.07) is 0. The van der Waals surface area contributed by atoms with E-state index in [-0.39, 0.29) is 0 Å². The van der Waals surface area contributed by atoms with E-state index in [1.165, 1.54) is 0 Å². The Morgan fingerprint density at radius 1 is 1.40 bits per heavy atom. The lowest BCUT2D eigenvalue weighted by molar-refractivity contribution is 0.0328. The van der Waals surface area contributed by atoms with Crippen molar-refractivity contribution in [2.24, 2.45) is 0 Å². The van der Waals surface area contributed by atoms with Crippen LogP contribution < -0.4 is 5.32 Å². The predicted molar refractivity (Wildman–Crippen MR) is 41.1 cm³/mol. The van der Waals surface area contributed by atoms with E-state index in [4.69, 9.17) is 4.74 Å². The summed E-state index contributed by atoms with van der Waals surface area (Å²) < 4.78 is 5.57. The van der Waals surface area contributed by atoms with Gasteiger partial charge in [-0.25, -0.2) is 5.32 Å². The monoisotopic (exact) mass is 142 g/mol. The highest BCUT2D eigenvalue weighted by Gasteiger charge is 2.12. The summed E-state index contributed by atoms with van der Waals surface area (Å²) in [5.41, 5.74) is 0. The van der Waals surface area contributed by atoms with Crippen molar-refractivity contribution in [1.29, 1.82) is 0 Å². The number of rotatable bonds is 3. The van der Waals surface area contributed by atoms with Crippen LogP contribution in [0.2, 0.25) is 0 Å². The Labute approximate surface area is 63.0 Å². The van der Waals surface area contributed by atoms with E-state index in [1.54, 1.807) is 0 Å². The summed E-state index contributed by atoms with van der Waals surface area (Å²) in [7, 11) is 0. The smallest absolute Gasteiger partial charge is 0.0600 e. The van der Waals surface area contributed by atoms with E-state index in [0.717, 1.165) is 39.0 Å². The van der Waals surface area contributed by atoms with Gasteiger partial charge in [0.25, 0.3) is 0 Å². The molecule has 2 heteroatoms. The fourth-order valence-corrected chi connectivity index (χ4v) is 1.18. The number of nitrogens with zero attached hydrogens (tertiary/aromatic N) is 1. The zero-order valence-corrected chi connectivity index (χ0v) is 6.68. The van der Waals surface area contributed by atoms with Gasteiger partial charge in [0.2, 0.25) is 0 Å². The van der Waals surface area contributed by atoms with E-state index in [2.05, 4.69) is 12.2 Å². The predicted octanol–water partition coefficient (Wildman–Crippen LogP) is 1.18. The maximum atomic E-state index is 5.57.